The molecule has 1 aliphatic rings. The van der Waals surface area contributed by atoms with Crippen LogP contribution in [0.4, 0.5) is 5.95 Å². The van der Waals surface area contributed by atoms with Crippen molar-refractivity contribution in [3.8, 4) is 0 Å². The van der Waals surface area contributed by atoms with Gasteiger partial charge in [0.15, 0.2) is 0 Å². The predicted molar refractivity (Wildman–Crippen MR) is 69.5 cm³/mol. The van der Waals surface area contributed by atoms with Gasteiger partial charge in [-0.15, -0.1) is 0 Å². The van der Waals surface area contributed by atoms with Gasteiger partial charge in [0, 0.05) is 32.0 Å². The van der Waals surface area contributed by atoms with Gasteiger partial charge in [-0.1, -0.05) is 0 Å². The maximum atomic E-state index is 5.32. The van der Waals surface area contributed by atoms with Crippen LogP contribution in [-0.4, -0.2) is 29.3 Å². The molecule has 4 heteroatoms. The first-order chi connectivity index (χ1) is 8.31. The molecule has 0 aliphatic heterocycles. The molecule has 1 fully saturated rings. The molecule has 0 unspecified atom stereocenters. The van der Waals surface area contributed by atoms with Gasteiger partial charge >= 0.3 is 0 Å². The van der Waals surface area contributed by atoms with E-state index in [0.717, 1.165) is 37.8 Å². The predicted octanol–water partition coefficient (Wildman–Crippen LogP) is 2.76. The average molecular weight is 237 g/mol. The number of anilines is 1. The quantitative estimate of drug-likeness (QED) is 0.741. The molecule has 17 heavy (non-hydrogen) atoms. The third kappa shape index (κ3) is 3.22. The Bertz CT molecular complexity index is 344. The van der Waals surface area contributed by atoms with E-state index in [-0.39, 0.29) is 0 Å². The lowest BCUT2D eigenvalue weighted by molar-refractivity contribution is 0.147. The van der Waals surface area contributed by atoms with Gasteiger partial charge in [0.2, 0.25) is 5.95 Å². The molecule has 0 bridgehead atoms. The number of hydrogen-bond donors (Lipinski definition) is 1. The van der Waals surface area contributed by atoms with E-state index in [2.05, 4.69) is 28.0 Å². The standard InChI is InChI=1S/C13H23N3O/c1-3-17-9-5-8-14-13-15-11(2)10-16(13)12-6-4-7-12/h10,12H,3-9H2,1-2H3,(H,14,15). The van der Waals surface area contributed by atoms with Crippen LogP contribution in [0.2, 0.25) is 0 Å². The van der Waals surface area contributed by atoms with E-state index in [0.29, 0.717) is 6.04 Å². The molecule has 1 heterocycles. The number of aromatic nitrogens is 2. The number of hydrogen-bond acceptors (Lipinski definition) is 3. The second-order valence-corrected chi connectivity index (χ2v) is 4.68. The molecule has 1 aromatic rings. The van der Waals surface area contributed by atoms with Gasteiger partial charge in [-0.25, -0.2) is 4.98 Å². The molecular weight excluding hydrogens is 214 g/mol. The van der Waals surface area contributed by atoms with E-state index < -0.39 is 0 Å². The summed E-state index contributed by atoms with van der Waals surface area (Å²) in [5.41, 5.74) is 1.10. The van der Waals surface area contributed by atoms with Crippen LogP contribution < -0.4 is 5.32 Å². The van der Waals surface area contributed by atoms with Crippen LogP contribution in [-0.2, 0) is 4.74 Å². The topological polar surface area (TPSA) is 39.1 Å². The van der Waals surface area contributed by atoms with E-state index in [1.165, 1.54) is 19.3 Å². The molecule has 1 aliphatic carbocycles. The van der Waals surface area contributed by atoms with Crippen molar-refractivity contribution in [1.29, 1.82) is 0 Å². The summed E-state index contributed by atoms with van der Waals surface area (Å²) in [6.07, 6.45) is 7.14. The zero-order valence-electron chi connectivity index (χ0n) is 10.9. The smallest absolute Gasteiger partial charge is 0.203 e. The fourth-order valence-corrected chi connectivity index (χ4v) is 2.11. The minimum absolute atomic E-state index is 0.672. The first-order valence-electron chi connectivity index (χ1n) is 6.68. The SMILES string of the molecule is CCOCCCNc1nc(C)cn1C1CCC1. The summed E-state index contributed by atoms with van der Waals surface area (Å²) < 4.78 is 7.62. The second-order valence-electron chi connectivity index (χ2n) is 4.68. The Morgan fingerprint density at radius 2 is 2.35 bits per heavy atom. The molecule has 0 atom stereocenters. The Hall–Kier alpha value is -1.03. The van der Waals surface area contributed by atoms with E-state index in [1.807, 2.05) is 6.92 Å². The molecule has 0 aromatic carbocycles. The third-order valence-electron chi connectivity index (χ3n) is 3.27. The third-order valence-corrected chi connectivity index (χ3v) is 3.27. The molecule has 1 aromatic heterocycles. The maximum absolute atomic E-state index is 5.32. The van der Waals surface area contributed by atoms with Crippen molar-refractivity contribution in [3.05, 3.63) is 11.9 Å². The molecule has 0 saturated heterocycles. The van der Waals surface area contributed by atoms with Gasteiger partial charge in [0.05, 0.1) is 5.69 Å². The minimum atomic E-state index is 0.672. The van der Waals surface area contributed by atoms with Crippen molar-refractivity contribution in [2.45, 2.75) is 45.6 Å². The Morgan fingerprint density at radius 1 is 1.53 bits per heavy atom. The second kappa shape index (κ2) is 6.05. The summed E-state index contributed by atoms with van der Waals surface area (Å²) in [6.45, 7) is 6.65. The van der Waals surface area contributed by atoms with E-state index >= 15 is 0 Å². The van der Waals surface area contributed by atoms with Crippen molar-refractivity contribution < 1.29 is 4.74 Å². The lowest BCUT2D eigenvalue weighted by Crippen LogP contribution is -2.19. The molecule has 0 amide bonds. The number of ether oxygens (including phenoxy) is 1. The molecule has 4 nitrogen and oxygen atoms in total. The van der Waals surface area contributed by atoms with Gasteiger partial charge in [0.25, 0.3) is 0 Å². The highest BCUT2D eigenvalue weighted by molar-refractivity contribution is 5.29. The van der Waals surface area contributed by atoms with Crippen LogP contribution in [0, 0.1) is 6.92 Å². The molecule has 2 rings (SSSR count). The first kappa shape index (κ1) is 12.4. The zero-order chi connectivity index (χ0) is 12.1. The molecule has 96 valence electrons. The highest BCUT2D eigenvalue weighted by atomic mass is 16.5. The van der Waals surface area contributed by atoms with Gasteiger partial charge in [-0.2, -0.15) is 0 Å². The Kier molecular flexibility index (Phi) is 4.42. The lowest BCUT2D eigenvalue weighted by atomic mass is 9.93. The molecule has 0 spiro atoms. The minimum Gasteiger partial charge on any atom is -0.382 e. The summed E-state index contributed by atoms with van der Waals surface area (Å²) in [5.74, 6) is 1.03. The van der Waals surface area contributed by atoms with Gasteiger partial charge in [-0.3, -0.25) is 0 Å². The highest BCUT2D eigenvalue weighted by Crippen LogP contribution is 2.33. The Labute approximate surface area is 103 Å². The molecule has 1 N–H and O–H groups in total. The van der Waals surface area contributed by atoms with Gasteiger partial charge in [0.1, 0.15) is 0 Å². The number of rotatable bonds is 7. The molecule has 0 radical (unpaired) electrons. The summed E-state index contributed by atoms with van der Waals surface area (Å²) >= 11 is 0. The van der Waals surface area contributed by atoms with Crippen molar-refractivity contribution in [2.24, 2.45) is 0 Å². The van der Waals surface area contributed by atoms with Gasteiger partial charge in [-0.05, 0) is 39.5 Å². The zero-order valence-corrected chi connectivity index (χ0v) is 10.9. The monoisotopic (exact) mass is 237 g/mol. The highest BCUT2D eigenvalue weighted by Gasteiger charge is 2.22. The fourth-order valence-electron chi connectivity index (χ4n) is 2.11. The summed E-state index contributed by atoms with van der Waals surface area (Å²) in [6, 6.07) is 0.672. The fraction of sp³-hybridized carbons (Fsp3) is 0.769. The van der Waals surface area contributed by atoms with Crippen molar-refractivity contribution in [2.75, 3.05) is 25.1 Å². The lowest BCUT2D eigenvalue weighted by Gasteiger charge is -2.28. The van der Waals surface area contributed by atoms with Gasteiger partial charge < -0.3 is 14.6 Å². The van der Waals surface area contributed by atoms with Crippen LogP contribution >= 0.6 is 0 Å². The van der Waals surface area contributed by atoms with E-state index in [4.69, 9.17) is 4.74 Å². The number of nitrogens with zero attached hydrogens (tertiary/aromatic N) is 2. The van der Waals surface area contributed by atoms with Crippen LogP contribution in [0.3, 0.4) is 0 Å². The van der Waals surface area contributed by atoms with Crippen LogP contribution in [0.15, 0.2) is 6.20 Å². The van der Waals surface area contributed by atoms with E-state index in [1.54, 1.807) is 0 Å². The first-order valence-corrected chi connectivity index (χ1v) is 6.68. The summed E-state index contributed by atoms with van der Waals surface area (Å²) in [4.78, 5) is 4.54. The van der Waals surface area contributed by atoms with Crippen LogP contribution in [0.25, 0.3) is 0 Å². The summed E-state index contributed by atoms with van der Waals surface area (Å²) in [7, 11) is 0. The molecule has 1 saturated carbocycles. The Morgan fingerprint density at radius 3 is 3.00 bits per heavy atom. The van der Waals surface area contributed by atoms with Crippen LogP contribution in [0.1, 0.15) is 44.3 Å². The van der Waals surface area contributed by atoms with E-state index in [9.17, 15) is 0 Å². The molecular formula is C13H23N3O. The maximum Gasteiger partial charge on any atom is 0.203 e. The number of nitrogens with one attached hydrogen (secondary N) is 1. The summed E-state index contributed by atoms with van der Waals surface area (Å²) in [5, 5.41) is 3.41. The van der Waals surface area contributed by atoms with Crippen molar-refractivity contribution >= 4 is 5.95 Å². The average Bonchev–Trinajstić information content (AvgIpc) is 2.57. The normalized spacial score (nSPS) is 15.9. The number of imidazole rings is 1. The largest absolute Gasteiger partial charge is 0.382 e. The van der Waals surface area contributed by atoms with Crippen LogP contribution in [0.5, 0.6) is 0 Å². The Balaban J connectivity index is 1.82. The van der Waals surface area contributed by atoms with Crippen molar-refractivity contribution in [3.63, 3.8) is 0 Å². The van der Waals surface area contributed by atoms with Crippen molar-refractivity contribution in [1.82, 2.24) is 9.55 Å². The number of aryl methyl sites for hydroxylation is 1.